The van der Waals surface area contributed by atoms with Crippen LogP contribution in [0.15, 0.2) is 52.9 Å². The third-order valence-electron chi connectivity index (χ3n) is 5.61. The molecule has 8 heteroatoms. The monoisotopic (exact) mass is 448 g/mol. The van der Waals surface area contributed by atoms with Crippen LogP contribution in [0.2, 0.25) is 0 Å². The number of amides is 2. The van der Waals surface area contributed by atoms with E-state index < -0.39 is 0 Å². The third-order valence-corrected chi connectivity index (χ3v) is 5.61. The lowest BCUT2D eigenvalue weighted by Gasteiger charge is -2.18. The first kappa shape index (κ1) is 22.5. The van der Waals surface area contributed by atoms with E-state index in [9.17, 15) is 9.59 Å². The van der Waals surface area contributed by atoms with E-state index in [4.69, 9.17) is 9.15 Å². The van der Waals surface area contributed by atoms with Gasteiger partial charge in [-0.2, -0.15) is 0 Å². The van der Waals surface area contributed by atoms with Crippen LogP contribution in [0.5, 0.6) is 5.75 Å². The van der Waals surface area contributed by atoms with E-state index in [0.717, 1.165) is 17.0 Å². The van der Waals surface area contributed by atoms with Crippen LogP contribution in [0.3, 0.4) is 0 Å². The first-order valence-electron chi connectivity index (χ1n) is 11.0. The summed E-state index contributed by atoms with van der Waals surface area (Å²) in [5.74, 6) is 0.495. The zero-order chi connectivity index (χ0) is 23.6. The van der Waals surface area contributed by atoms with Gasteiger partial charge in [0.15, 0.2) is 0 Å². The lowest BCUT2D eigenvalue weighted by Crippen LogP contribution is -2.24. The number of carbonyl (C=O) groups excluding carboxylic acids is 2. The second-order valence-electron chi connectivity index (χ2n) is 9.06. The summed E-state index contributed by atoms with van der Waals surface area (Å²) < 4.78 is 11.1. The SMILES string of the molecule is CCOc1ccc(N2C[C@H](c3nnc(NC(=O)c4ccc(C(C)(C)C)cc4)o3)CC2=O)cc1. The van der Waals surface area contributed by atoms with Gasteiger partial charge in [0, 0.05) is 24.2 Å². The maximum absolute atomic E-state index is 12.6. The van der Waals surface area contributed by atoms with Gasteiger partial charge in [0.05, 0.1) is 12.5 Å². The van der Waals surface area contributed by atoms with Crippen LogP contribution in [0.4, 0.5) is 11.7 Å². The molecule has 0 saturated carbocycles. The summed E-state index contributed by atoms with van der Waals surface area (Å²) in [6, 6.07) is 14.8. The van der Waals surface area contributed by atoms with Gasteiger partial charge in [0.1, 0.15) is 5.75 Å². The van der Waals surface area contributed by atoms with Crippen molar-refractivity contribution in [3.63, 3.8) is 0 Å². The Kier molecular flexibility index (Phi) is 6.18. The van der Waals surface area contributed by atoms with Gasteiger partial charge in [-0.15, -0.1) is 5.10 Å². The third kappa shape index (κ3) is 5.05. The van der Waals surface area contributed by atoms with E-state index in [1.807, 2.05) is 43.3 Å². The van der Waals surface area contributed by atoms with E-state index in [0.29, 0.717) is 24.6 Å². The molecule has 1 N–H and O–H groups in total. The average molecular weight is 449 g/mol. The Balaban J connectivity index is 1.40. The maximum Gasteiger partial charge on any atom is 0.322 e. The molecule has 1 aromatic heterocycles. The van der Waals surface area contributed by atoms with Crippen molar-refractivity contribution in [3.8, 4) is 5.75 Å². The summed E-state index contributed by atoms with van der Waals surface area (Å²) in [7, 11) is 0. The lowest BCUT2D eigenvalue weighted by atomic mass is 9.87. The molecule has 2 aromatic carbocycles. The van der Waals surface area contributed by atoms with Crippen molar-refractivity contribution in [2.24, 2.45) is 0 Å². The van der Waals surface area contributed by atoms with Gasteiger partial charge in [-0.25, -0.2) is 0 Å². The second-order valence-corrected chi connectivity index (χ2v) is 9.06. The molecule has 1 aliphatic rings. The standard InChI is InChI=1S/C25H28N4O4/c1-5-32-20-12-10-19(11-13-20)29-15-17(14-21(29)30)23-27-28-24(33-23)26-22(31)16-6-8-18(9-7-16)25(2,3)4/h6-13,17H,5,14-15H2,1-4H3,(H,26,28,31)/t17-/m1/s1. The first-order chi connectivity index (χ1) is 15.7. The van der Waals surface area contributed by atoms with Crippen LogP contribution in [0.25, 0.3) is 0 Å². The summed E-state index contributed by atoms with van der Waals surface area (Å²) >= 11 is 0. The van der Waals surface area contributed by atoms with E-state index >= 15 is 0 Å². The Morgan fingerprint density at radius 1 is 1.12 bits per heavy atom. The number of aromatic nitrogens is 2. The van der Waals surface area contributed by atoms with Crippen molar-refractivity contribution in [3.05, 3.63) is 65.5 Å². The normalized spacial score (nSPS) is 16.2. The number of anilines is 2. The Morgan fingerprint density at radius 2 is 1.82 bits per heavy atom. The molecule has 0 unspecified atom stereocenters. The molecule has 1 fully saturated rings. The molecular formula is C25H28N4O4. The highest BCUT2D eigenvalue weighted by atomic mass is 16.5. The quantitative estimate of drug-likeness (QED) is 0.595. The number of hydrogen-bond donors (Lipinski definition) is 1. The predicted molar refractivity (Wildman–Crippen MR) is 125 cm³/mol. The average Bonchev–Trinajstić information content (AvgIpc) is 3.40. The highest BCUT2D eigenvalue weighted by Gasteiger charge is 2.35. The van der Waals surface area contributed by atoms with Crippen molar-refractivity contribution in [1.29, 1.82) is 0 Å². The van der Waals surface area contributed by atoms with Gasteiger partial charge < -0.3 is 14.1 Å². The zero-order valence-corrected chi connectivity index (χ0v) is 19.3. The molecule has 0 aliphatic carbocycles. The molecule has 4 rings (SSSR count). The molecule has 172 valence electrons. The smallest absolute Gasteiger partial charge is 0.322 e. The van der Waals surface area contributed by atoms with Gasteiger partial charge in [0.2, 0.25) is 11.8 Å². The van der Waals surface area contributed by atoms with Gasteiger partial charge in [-0.3, -0.25) is 14.9 Å². The van der Waals surface area contributed by atoms with Gasteiger partial charge in [-0.1, -0.05) is 38.0 Å². The molecule has 0 spiro atoms. The van der Waals surface area contributed by atoms with Crippen LogP contribution in [-0.2, 0) is 10.2 Å². The molecule has 2 heterocycles. The zero-order valence-electron chi connectivity index (χ0n) is 19.3. The maximum atomic E-state index is 12.6. The van der Waals surface area contributed by atoms with Crippen molar-refractivity contribution in [2.45, 2.75) is 45.4 Å². The predicted octanol–water partition coefficient (Wildman–Crippen LogP) is 4.54. The Bertz CT molecular complexity index is 1130. The van der Waals surface area contributed by atoms with Crippen LogP contribution >= 0.6 is 0 Å². The molecule has 3 aromatic rings. The van der Waals surface area contributed by atoms with Crippen LogP contribution in [-0.4, -0.2) is 35.2 Å². The summed E-state index contributed by atoms with van der Waals surface area (Å²) in [5.41, 5.74) is 2.44. The van der Waals surface area contributed by atoms with Crippen molar-refractivity contribution < 1.29 is 18.7 Å². The lowest BCUT2D eigenvalue weighted by molar-refractivity contribution is -0.117. The van der Waals surface area contributed by atoms with E-state index in [-0.39, 0.29) is 35.6 Å². The van der Waals surface area contributed by atoms with Gasteiger partial charge >= 0.3 is 6.01 Å². The Hall–Kier alpha value is -3.68. The molecule has 33 heavy (non-hydrogen) atoms. The topological polar surface area (TPSA) is 97.6 Å². The minimum Gasteiger partial charge on any atom is -0.494 e. The molecule has 1 atom stereocenters. The molecule has 1 aliphatic heterocycles. The van der Waals surface area contributed by atoms with Crippen LogP contribution < -0.4 is 15.0 Å². The Morgan fingerprint density at radius 3 is 2.45 bits per heavy atom. The van der Waals surface area contributed by atoms with Crippen LogP contribution in [0, 0.1) is 0 Å². The molecule has 8 nitrogen and oxygen atoms in total. The number of benzene rings is 2. The second kappa shape index (κ2) is 9.05. The fourth-order valence-corrected chi connectivity index (χ4v) is 3.75. The summed E-state index contributed by atoms with van der Waals surface area (Å²) in [5, 5.41) is 10.6. The summed E-state index contributed by atoms with van der Waals surface area (Å²) in [4.78, 5) is 26.8. The first-order valence-corrected chi connectivity index (χ1v) is 11.0. The number of rotatable bonds is 6. The number of nitrogens with zero attached hydrogens (tertiary/aromatic N) is 3. The van der Waals surface area contributed by atoms with Gasteiger partial charge in [-0.05, 0) is 54.3 Å². The number of ether oxygens (including phenoxy) is 1. The highest BCUT2D eigenvalue weighted by Crippen LogP contribution is 2.32. The molecule has 2 amide bonds. The molecule has 0 radical (unpaired) electrons. The minimum atomic E-state index is -0.329. The molecular weight excluding hydrogens is 420 g/mol. The van der Waals surface area contributed by atoms with Crippen molar-refractivity contribution in [1.82, 2.24) is 10.2 Å². The molecule has 1 saturated heterocycles. The number of hydrogen-bond acceptors (Lipinski definition) is 6. The summed E-state index contributed by atoms with van der Waals surface area (Å²) in [6.45, 7) is 9.29. The minimum absolute atomic E-state index is 0.00825. The fourth-order valence-electron chi connectivity index (χ4n) is 3.75. The Labute approximate surface area is 193 Å². The van der Waals surface area contributed by atoms with Gasteiger partial charge in [0.25, 0.3) is 5.91 Å². The van der Waals surface area contributed by atoms with E-state index in [2.05, 4.69) is 36.3 Å². The van der Waals surface area contributed by atoms with Crippen molar-refractivity contribution in [2.75, 3.05) is 23.4 Å². The van der Waals surface area contributed by atoms with E-state index in [1.165, 1.54) is 0 Å². The van der Waals surface area contributed by atoms with E-state index in [1.54, 1.807) is 17.0 Å². The molecule has 0 bridgehead atoms. The van der Waals surface area contributed by atoms with Crippen LogP contribution in [0.1, 0.15) is 61.8 Å². The highest BCUT2D eigenvalue weighted by molar-refractivity contribution is 6.03. The largest absolute Gasteiger partial charge is 0.494 e. The van der Waals surface area contributed by atoms with Crippen molar-refractivity contribution >= 4 is 23.5 Å². The fraction of sp³-hybridized carbons (Fsp3) is 0.360. The number of nitrogens with one attached hydrogen (secondary N) is 1. The summed E-state index contributed by atoms with van der Waals surface area (Å²) in [6.07, 6.45) is 0.261. The number of carbonyl (C=O) groups is 2.